The summed E-state index contributed by atoms with van der Waals surface area (Å²) in [5, 5.41) is 9.22. The smallest absolute Gasteiger partial charge is 0.323 e. The lowest BCUT2D eigenvalue weighted by molar-refractivity contribution is -0.150. The Morgan fingerprint density at radius 1 is 1.53 bits per heavy atom. The zero-order chi connectivity index (χ0) is 13.1. The van der Waals surface area contributed by atoms with Crippen LogP contribution in [0.1, 0.15) is 25.8 Å². The Bertz CT molecular complexity index is 408. The van der Waals surface area contributed by atoms with Crippen molar-refractivity contribution in [3.63, 3.8) is 0 Å². The Kier molecular flexibility index (Phi) is 4.23. The van der Waals surface area contributed by atoms with Crippen molar-refractivity contribution >= 4 is 5.97 Å². The van der Waals surface area contributed by atoms with Gasteiger partial charge in [0.2, 0.25) is 0 Å². The molecule has 0 bridgehead atoms. The molecule has 94 valence electrons. The predicted octanol–water partition coefficient (Wildman–Crippen LogP) is 2.51. The molecule has 0 saturated heterocycles. The molecule has 0 heterocycles. The second-order valence-electron chi connectivity index (χ2n) is 4.42. The molecule has 0 fully saturated rings. The number of benzene rings is 1. The van der Waals surface area contributed by atoms with Crippen LogP contribution in [-0.4, -0.2) is 28.6 Å². The number of hydrogen-bond acceptors (Lipinski definition) is 2. The summed E-state index contributed by atoms with van der Waals surface area (Å²) in [4.78, 5) is 13.0. The molecular weight excluding hydrogens is 221 g/mol. The molecule has 1 atom stereocenters. The first kappa shape index (κ1) is 13.6. The highest BCUT2D eigenvalue weighted by Crippen LogP contribution is 2.20. The van der Waals surface area contributed by atoms with Gasteiger partial charge in [0.1, 0.15) is 11.4 Å². The Balaban J connectivity index is 2.84. The number of halogens is 1. The molecule has 0 aromatic heterocycles. The standard InChI is InChI=1S/C13H18FNO2/c1-4-13(2,12(16)17)15(3)9-10-6-5-7-11(14)8-10/h5-8H,4,9H2,1-3H3,(H,16,17). The quantitative estimate of drug-likeness (QED) is 0.858. The summed E-state index contributed by atoms with van der Waals surface area (Å²) in [6.07, 6.45) is 0.494. The van der Waals surface area contributed by atoms with Crippen LogP contribution in [0.3, 0.4) is 0 Å². The maximum Gasteiger partial charge on any atom is 0.323 e. The van der Waals surface area contributed by atoms with E-state index in [0.717, 1.165) is 5.56 Å². The molecule has 1 aromatic carbocycles. The molecule has 4 heteroatoms. The minimum absolute atomic E-state index is 0.301. The molecule has 0 aliphatic carbocycles. The maximum atomic E-state index is 13.0. The summed E-state index contributed by atoms with van der Waals surface area (Å²) in [5.74, 6) is -1.16. The van der Waals surface area contributed by atoms with Gasteiger partial charge < -0.3 is 5.11 Å². The van der Waals surface area contributed by atoms with Crippen molar-refractivity contribution in [3.8, 4) is 0 Å². The molecule has 0 spiro atoms. The Morgan fingerprint density at radius 3 is 2.65 bits per heavy atom. The molecule has 3 nitrogen and oxygen atoms in total. The van der Waals surface area contributed by atoms with E-state index < -0.39 is 11.5 Å². The fourth-order valence-electron chi connectivity index (χ4n) is 1.67. The molecule has 0 saturated carbocycles. The van der Waals surface area contributed by atoms with Crippen LogP contribution in [0.5, 0.6) is 0 Å². The van der Waals surface area contributed by atoms with E-state index in [9.17, 15) is 14.3 Å². The van der Waals surface area contributed by atoms with E-state index in [4.69, 9.17) is 0 Å². The average Bonchev–Trinajstić information content (AvgIpc) is 2.27. The lowest BCUT2D eigenvalue weighted by Gasteiger charge is -2.34. The van der Waals surface area contributed by atoms with Crippen LogP contribution in [-0.2, 0) is 11.3 Å². The zero-order valence-electron chi connectivity index (χ0n) is 10.4. The fourth-order valence-corrected chi connectivity index (χ4v) is 1.67. The minimum atomic E-state index is -0.924. The van der Waals surface area contributed by atoms with Gasteiger partial charge in [0, 0.05) is 6.54 Å². The van der Waals surface area contributed by atoms with Crippen LogP contribution in [0, 0.1) is 5.82 Å². The molecule has 0 amide bonds. The number of nitrogens with zero attached hydrogens (tertiary/aromatic N) is 1. The van der Waals surface area contributed by atoms with Gasteiger partial charge in [-0.15, -0.1) is 0 Å². The van der Waals surface area contributed by atoms with Crippen molar-refractivity contribution in [2.75, 3.05) is 7.05 Å². The number of carboxylic acid groups (broad SMARTS) is 1. The van der Waals surface area contributed by atoms with Crippen LogP contribution in [0.25, 0.3) is 0 Å². The van der Waals surface area contributed by atoms with Gasteiger partial charge in [-0.1, -0.05) is 19.1 Å². The second-order valence-corrected chi connectivity index (χ2v) is 4.42. The third kappa shape index (κ3) is 3.03. The largest absolute Gasteiger partial charge is 0.480 e. The molecule has 1 unspecified atom stereocenters. The average molecular weight is 239 g/mol. The number of carbonyl (C=O) groups is 1. The van der Waals surface area contributed by atoms with E-state index in [1.807, 2.05) is 6.92 Å². The van der Waals surface area contributed by atoms with Crippen molar-refractivity contribution in [2.24, 2.45) is 0 Å². The summed E-state index contributed by atoms with van der Waals surface area (Å²) in [7, 11) is 1.74. The normalized spacial score (nSPS) is 14.6. The van der Waals surface area contributed by atoms with Gasteiger partial charge in [-0.3, -0.25) is 9.69 Å². The van der Waals surface area contributed by atoms with Crippen molar-refractivity contribution in [1.29, 1.82) is 0 Å². The van der Waals surface area contributed by atoms with E-state index in [2.05, 4.69) is 0 Å². The summed E-state index contributed by atoms with van der Waals surface area (Å²) in [6.45, 7) is 3.92. The summed E-state index contributed by atoms with van der Waals surface area (Å²) >= 11 is 0. The van der Waals surface area contributed by atoms with Gasteiger partial charge in [-0.2, -0.15) is 0 Å². The van der Waals surface area contributed by atoms with Crippen molar-refractivity contribution in [3.05, 3.63) is 35.6 Å². The van der Waals surface area contributed by atoms with E-state index >= 15 is 0 Å². The number of rotatable bonds is 5. The van der Waals surface area contributed by atoms with Crippen LogP contribution < -0.4 is 0 Å². The molecular formula is C13H18FNO2. The Labute approximate surface area is 101 Å². The third-order valence-electron chi connectivity index (χ3n) is 3.30. The minimum Gasteiger partial charge on any atom is -0.480 e. The topological polar surface area (TPSA) is 40.5 Å². The lowest BCUT2D eigenvalue weighted by Crippen LogP contribution is -2.49. The van der Waals surface area contributed by atoms with Crippen LogP contribution >= 0.6 is 0 Å². The highest BCUT2D eigenvalue weighted by Gasteiger charge is 2.35. The van der Waals surface area contributed by atoms with Crippen molar-refractivity contribution in [2.45, 2.75) is 32.4 Å². The van der Waals surface area contributed by atoms with Gasteiger partial charge in [-0.05, 0) is 38.1 Å². The Hall–Kier alpha value is -1.42. The molecule has 1 aromatic rings. The summed E-state index contributed by atoms with van der Waals surface area (Å²) in [5.41, 5.74) is -0.153. The van der Waals surface area contributed by atoms with Crippen LogP contribution in [0.15, 0.2) is 24.3 Å². The Morgan fingerprint density at radius 2 is 2.18 bits per heavy atom. The molecule has 0 aliphatic heterocycles. The third-order valence-corrected chi connectivity index (χ3v) is 3.30. The van der Waals surface area contributed by atoms with Gasteiger partial charge >= 0.3 is 5.97 Å². The number of likely N-dealkylation sites (N-methyl/N-ethyl adjacent to an activating group) is 1. The monoisotopic (exact) mass is 239 g/mol. The van der Waals surface area contributed by atoms with E-state index in [1.54, 1.807) is 31.0 Å². The molecule has 0 radical (unpaired) electrons. The van der Waals surface area contributed by atoms with E-state index in [1.165, 1.54) is 12.1 Å². The van der Waals surface area contributed by atoms with Gasteiger partial charge in [0.25, 0.3) is 0 Å². The first-order chi connectivity index (χ1) is 7.90. The molecule has 0 aliphatic rings. The SMILES string of the molecule is CCC(C)(C(=O)O)N(C)Cc1cccc(F)c1. The van der Waals surface area contributed by atoms with Gasteiger partial charge in [-0.25, -0.2) is 4.39 Å². The summed E-state index contributed by atoms with van der Waals surface area (Å²) in [6, 6.07) is 6.22. The van der Waals surface area contributed by atoms with Gasteiger partial charge in [0.15, 0.2) is 0 Å². The first-order valence-corrected chi connectivity index (χ1v) is 5.59. The highest BCUT2D eigenvalue weighted by atomic mass is 19.1. The second kappa shape index (κ2) is 5.27. The van der Waals surface area contributed by atoms with Crippen LogP contribution in [0.2, 0.25) is 0 Å². The summed E-state index contributed by atoms with van der Waals surface area (Å²) < 4.78 is 13.0. The zero-order valence-corrected chi connectivity index (χ0v) is 10.4. The van der Waals surface area contributed by atoms with E-state index in [-0.39, 0.29) is 5.82 Å². The number of aliphatic carboxylic acids is 1. The number of carboxylic acids is 1. The number of hydrogen-bond donors (Lipinski definition) is 1. The molecule has 1 rings (SSSR count). The van der Waals surface area contributed by atoms with Crippen LogP contribution in [0.4, 0.5) is 4.39 Å². The molecule has 17 heavy (non-hydrogen) atoms. The highest BCUT2D eigenvalue weighted by molar-refractivity contribution is 5.78. The first-order valence-electron chi connectivity index (χ1n) is 5.59. The fraction of sp³-hybridized carbons (Fsp3) is 0.462. The van der Waals surface area contributed by atoms with Crippen molar-refractivity contribution in [1.82, 2.24) is 4.90 Å². The van der Waals surface area contributed by atoms with Gasteiger partial charge in [0.05, 0.1) is 0 Å². The van der Waals surface area contributed by atoms with Crippen molar-refractivity contribution < 1.29 is 14.3 Å². The predicted molar refractivity (Wildman–Crippen MR) is 64.2 cm³/mol. The maximum absolute atomic E-state index is 13.0. The molecule has 1 N–H and O–H groups in total. The van der Waals surface area contributed by atoms with E-state index in [0.29, 0.717) is 13.0 Å². The lowest BCUT2D eigenvalue weighted by atomic mass is 9.96.